The molecule has 0 unspecified atom stereocenters. The zero-order valence-corrected chi connectivity index (χ0v) is 13.0. The Hall–Kier alpha value is -1.52. The highest BCUT2D eigenvalue weighted by Gasteiger charge is 2.38. The Morgan fingerprint density at radius 1 is 1.29 bits per heavy atom. The van der Waals surface area contributed by atoms with E-state index in [9.17, 15) is 9.59 Å². The molecule has 0 saturated heterocycles. The summed E-state index contributed by atoms with van der Waals surface area (Å²) in [6.07, 6.45) is 2.04. The summed E-state index contributed by atoms with van der Waals surface area (Å²) in [5, 5.41) is 0.555. The van der Waals surface area contributed by atoms with Gasteiger partial charge in [-0.3, -0.25) is 14.3 Å². The molecule has 0 radical (unpaired) electrons. The first-order valence-corrected chi connectivity index (χ1v) is 7.44. The first-order chi connectivity index (χ1) is 9.89. The number of hydrogen-bond donors (Lipinski definition) is 1. The minimum absolute atomic E-state index is 0.0380. The Morgan fingerprint density at radius 3 is 2.62 bits per heavy atom. The monoisotopic (exact) mass is 324 g/mol. The molecule has 21 heavy (non-hydrogen) atoms. The van der Waals surface area contributed by atoms with Gasteiger partial charge >= 0.3 is 5.69 Å². The minimum Gasteiger partial charge on any atom is -0.297 e. The molecular formula is C15H14Cl2N2O2. The van der Waals surface area contributed by atoms with Crippen molar-refractivity contribution in [3.05, 3.63) is 55.3 Å². The van der Waals surface area contributed by atoms with Crippen LogP contribution in [0.2, 0.25) is 10.2 Å². The lowest BCUT2D eigenvalue weighted by Crippen LogP contribution is -2.38. The third kappa shape index (κ3) is 2.78. The highest BCUT2D eigenvalue weighted by atomic mass is 35.5. The van der Waals surface area contributed by atoms with Crippen molar-refractivity contribution in [1.82, 2.24) is 9.55 Å². The van der Waals surface area contributed by atoms with Crippen LogP contribution in [0.4, 0.5) is 0 Å². The summed E-state index contributed by atoms with van der Waals surface area (Å²) in [7, 11) is 0. The molecular weight excluding hydrogens is 311 g/mol. The largest absolute Gasteiger partial charge is 0.329 e. The van der Waals surface area contributed by atoms with E-state index in [1.165, 1.54) is 4.57 Å². The van der Waals surface area contributed by atoms with Crippen LogP contribution in [-0.4, -0.2) is 9.55 Å². The molecule has 3 rings (SSSR count). The lowest BCUT2D eigenvalue weighted by Gasteiger charge is -2.12. The summed E-state index contributed by atoms with van der Waals surface area (Å²) < 4.78 is 1.23. The van der Waals surface area contributed by atoms with Gasteiger partial charge in [0.05, 0.1) is 5.56 Å². The smallest absolute Gasteiger partial charge is 0.297 e. The van der Waals surface area contributed by atoms with E-state index < -0.39 is 5.69 Å². The van der Waals surface area contributed by atoms with Crippen molar-refractivity contribution in [1.29, 1.82) is 0 Å². The van der Waals surface area contributed by atoms with E-state index >= 15 is 0 Å². The Bertz CT molecular complexity index is 819. The van der Waals surface area contributed by atoms with E-state index in [2.05, 4.69) is 11.9 Å². The van der Waals surface area contributed by atoms with E-state index in [0.29, 0.717) is 17.1 Å². The molecule has 1 heterocycles. The summed E-state index contributed by atoms with van der Waals surface area (Å²) in [6.45, 7) is 2.47. The molecule has 0 atom stereocenters. The van der Waals surface area contributed by atoms with Crippen LogP contribution >= 0.6 is 23.2 Å². The quantitative estimate of drug-likeness (QED) is 0.880. The topological polar surface area (TPSA) is 54.9 Å². The van der Waals surface area contributed by atoms with Crippen molar-refractivity contribution < 1.29 is 0 Å². The molecule has 2 aromatic rings. The van der Waals surface area contributed by atoms with Crippen LogP contribution in [0.3, 0.4) is 0 Å². The average Bonchev–Trinajstić information content (AvgIpc) is 3.13. The molecule has 0 amide bonds. The summed E-state index contributed by atoms with van der Waals surface area (Å²) in [5.74, 6) is 0. The van der Waals surface area contributed by atoms with Crippen molar-refractivity contribution in [3.63, 3.8) is 0 Å². The minimum atomic E-state index is -0.469. The summed E-state index contributed by atoms with van der Waals surface area (Å²) in [6, 6.07) is 6.86. The predicted molar refractivity (Wildman–Crippen MR) is 84.1 cm³/mol. The second kappa shape index (κ2) is 5.04. The van der Waals surface area contributed by atoms with Gasteiger partial charge in [-0.2, -0.15) is 0 Å². The first kappa shape index (κ1) is 14.4. The lowest BCUT2D eigenvalue weighted by molar-refractivity contribution is 0.441. The second-order valence-corrected chi connectivity index (χ2v) is 6.65. The van der Waals surface area contributed by atoms with E-state index in [1.807, 2.05) is 0 Å². The van der Waals surface area contributed by atoms with Crippen molar-refractivity contribution in [3.8, 4) is 11.1 Å². The average molecular weight is 325 g/mol. The molecule has 1 aromatic heterocycles. The number of halogens is 2. The predicted octanol–water partition coefficient (Wildman–Crippen LogP) is 3.31. The Balaban J connectivity index is 2.19. The third-order valence-corrected chi connectivity index (χ3v) is 4.42. The number of nitrogens with one attached hydrogen (secondary N) is 1. The van der Waals surface area contributed by atoms with Crippen molar-refractivity contribution in [2.45, 2.75) is 26.3 Å². The maximum absolute atomic E-state index is 12.6. The summed E-state index contributed by atoms with van der Waals surface area (Å²) >= 11 is 12.0. The van der Waals surface area contributed by atoms with Gasteiger partial charge < -0.3 is 0 Å². The maximum Gasteiger partial charge on any atom is 0.329 e. The number of aromatic amines is 1. The highest BCUT2D eigenvalue weighted by molar-refractivity contribution is 6.32. The fourth-order valence-corrected chi connectivity index (χ4v) is 2.80. The molecule has 0 spiro atoms. The maximum atomic E-state index is 12.6. The molecule has 0 aliphatic heterocycles. The molecule has 1 aliphatic rings. The van der Waals surface area contributed by atoms with Crippen LogP contribution in [0, 0.1) is 5.41 Å². The van der Waals surface area contributed by atoms with Crippen LogP contribution in [0.15, 0.2) is 33.9 Å². The van der Waals surface area contributed by atoms with Crippen LogP contribution in [0.5, 0.6) is 0 Å². The number of benzene rings is 1. The van der Waals surface area contributed by atoms with Crippen molar-refractivity contribution in [2.24, 2.45) is 5.41 Å². The van der Waals surface area contributed by atoms with E-state index in [1.54, 1.807) is 24.3 Å². The zero-order chi connectivity index (χ0) is 15.2. The normalized spacial score (nSPS) is 16.0. The fraction of sp³-hybridized carbons (Fsp3) is 0.333. The van der Waals surface area contributed by atoms with Gasteiger partial charge in [0.15, 0.2) is 0 Å². The fourth-order valence-electron chi connectivity index (χ4n) is 2.34. The van der Waals surface area contributed by atoms with Crippen LogP contribution in [-0.2, 0) is 6.54 Å². The van der Waals surface area contributed by atoms with Gasteiger partial charge in [-0.15, -0.1) is 0 Å². The number of nitrogens with zero attached hydrogens (tertiary/aromatic N) is 1. The highest BCUT2D eigenvalue weighted by Crippen LogP contribution is 2.45. The molecule has 1 aromatic carbocycles. The molecule has 110 valence electrons. The summed E-state index contributed by atoms with van der Waals surface area (Å²) in [4.78, 5) is 27.2. The Kier molecular flexibility index (Phi) is 3.46. The lowest BCUT2D eigenvalue weighted by atomic mass is 10.1. The van der Waals surface area contributed by atoms with Gasteiger partial charge in [0.25, 0.3) is 5.56 Å². The first-order valence-electron chi connectivity index (χ1n) is 6.68. The SMILES string of the molecule is CC1(Cn2c(=O)[nH]c(Cl)c(-c3cccc(Cl)c3)c2=O)CC1. The van der Waals surface area contributed by atoms with E-state index in [-0.39, 0.29) is 21.7 Å². The zero-order valence-electron chi connectivity index (χ0n) is 11.5. The molecule has 6 heteroatoms. The van der Waals surface area contributed by atoms with E-state index in [4.69, 9.17) is 23.2 Å². The number of rotatable bonds is 3. The molecule has 1 fully saturated rings. The van der Waals surface area contributed by atoms with Crippen molar-refractivity contribution >= 4 is 23.2 Å². The Morgan fingerprint density at radius 2 is 2.00 bits per heavy atom. The van der Waals surface area contributed by atoms with E-state index in [0.717, 1.165) is 12.8 Å². The van der Waals surface area contributed by atoms with Crippen molar-refractivity contribution in [2.75, 3.05) is 0 Å². The van der Waals surface area contributed by atoms with Gasteiger partial charge in [0, 0.05) is 11.6 Å². The third-order valence-electron chi connectivity index (χ3n) is 3.90. The van der Waals surface area contributed by atoms with Gasteiger partial charge in [-0.05, 0) is 36.0 Å². The van der Waals surface area contributed by atoms with Gasteiger partial charge in [-0.1, -0.05) is 42.3 Å². The molecule has 1 saturated carbocycles. The van der Waals surface area contributed by atoms with Gasteiger partial charge in [0.1, 0.15) is 5.15 Å². The number of hydrogen-bond acceptors (Lipinski definition) is 2. The van der Waals surface area contributed by atoms with Gasteiger partial charge in [0.2, 0.25) is 0 Å². The Labute approximate surface area is 131 Å². The number of H-pyrrole nitrogens is 1. The second-order valence-electron chi connectivity index (χ2n) is 5.83. The van der Waals surface area contributed by atoms with Crippen LogP contribution < -0.4 is 11.2 Å². The summed E-state index contributed by atoms with van der Waals surface area (Å²) in [5.41, 5.74) is 0.0745. The standard InChI is InChI=1S/C15H14Cl2N2O2/c1-15(5-6-15)8-19-13(20)11(12(17)18-14(19)21)9-3-2-4-10(16)7-9/h2-4,7H,5-6,8H2,1H3,(H,18,21). The van der Waals surface area contributed by atoms with Crippen LogP contribution in [0.25, 0.3) is 11.1 Å². The van der Waals surface area contributed by atoms with Gasteiger partial charge in [-0.25, -0.2) is 4.79 Å². The molecule has 1 N–H and O–H groups in total. The molecule has 0 bridgehead atoms. The van der Waals surface area contributed by atoms with Crippen LogP contribution in [0.1, 0.15) is 19.8 Å². The number of aromatic nitrogens is 2. The molecule has 4 nitrogen and oxygen atoms in total. The molecule has 1 aliphatic carbocycles.